The molecule has 0 spiro atoms. The lowest BCUT2D eigenvalue weighted by atomic mass is 10.1. The van der Waals surface area contributed by atoms with Crippen LogP contribution in [0.4, 0.5) is 10.1 Å². The Kier molecular flexibility index (Phi) is 4.74. The van der Waals surface area contributed by atoms with Crippen molar-refractivity contribution >= 4 is 5.69 Å². The highest BCUT2D eigenvalue weighted by Gasteiger charge is 2.05. The average molecular weight is 222 g/mol. The van der Waals surface area contributed by atoms with Gasteiger partial charge in [-0.3, -0.25) is 0 Å². The normalized spacial score (nSPS) is 11.9. The lowest BCUT2D eigenvalue weighted by Crippen LogP contribution is -2.15. The van der Waals surface area contributed by atoms with E-state index in [1.54, 1.807) is 12.1 Å². The van der Waals surface area contributed by atoms with Gasteiger partial charge in [0.15, 0.2) is 0 Å². The molecule has 1 unspecified atom stereocenters. The molecule has 1 atom stereocenters. The largest absolute Gasteiger partial charge is 0.396 e. The number of aliphatic hydroxyl groups is 1. The van der Waals surface area contributed by atoms with E-state index in [2.05, 4.69) is 5.32 Å². The summed E-state index contributed by atoms with van der Waals surface area (Å²) in [6.45, 7) is 2.12. The highest BCUT2D eigenvalue weighted by molar-refractivity contribution is 5.48. The monoisotopic (exact) mass is 222 g/mol. The van der Waals surface area contributed by atoms with Crippen molar-refractivity contribution in [2.24, 2.45) is 0 Å². The van der Waals surface area contributed by atoms with Crippen molar-refractivity contribution in [3.8, 4) is 6.07 Å². The Hall–Kier alpha value is -1.60. The fourth-order valence-electron chi connectivity index (χ4n) is 1.45. The van der Waals surface area contributed by atoms with Crippen molar-refractivity contribution in [1.29, 1.82) is 5.26 Å². The molecule has 0 saturated heterocycles. The topological polar surface area (TPSA) is 56.0 Å². The Morgan fingerprint density at radius 1 is 1.56 bits per heavy atom. The van der Waals surface area contributed by atoms with E-state index in [0.717, 1.165) is 6.42 Å². The van der Waals surface area contributed by atoms with Crippen molar-refractivity contribution in [2.75, 3.05) is 11.9 Å². The van der Waals surface area contributed by atoms with Gasteiger partial charge in [-0.1, -0.05) is 0 Å². The van der Waals surface area contributed by atoms with Crippen LogP contribution in [0.3, 0.4) is 0 Å². The van der Waals surface area contributed by atoms with Gasteiger partial charge in [-0.05, 0) is 38.0 Å². The van der Waals surface area contributed by atoms with Crippen LogP contribution in [0.25, 0.3) is 0 Å². The second-order valence-corrected chi connectivity index (χ2v) is 3.72. The molecule has 0 aromatic heterocycles. The van der Waals surface area contributed by atoms with Crippen LogP contribution < -0.4 is 5.32 Å². The molecule has 0 radical (unpaired) electrons. The molecule has 0 fully saturated rings. The first-order chi connectivity index (χ1) is 7.67. The van der Waals surface area contributed by atoms with Gasteiger partial charge in [0.25, 0.3) is 0 Å². The number of hydrogen-bond acceptors (Lipinski definition) is 3. The summed E-state index contributed by atoms with van der Waals surface area (Å²) in [5.74, 6) is -0.512. The van der Waals surface area contributed by atoms with E-state index in [9.17, 15) is 4.39 Å². The predicted molar refractivity (Wildman–Crippen MR) is 60.5 cm³/mol. The van der Waals surface area contributed by atoms with E-state index in [-0.39, 0.29) is 18.2 Å². The molecule has 1 rings (SSSR count). The standard InChI is InChI=1S/C12H15FN2O/c1-9(3-2-6-16)15-11-5-4-10(8-14)12(13)7-11/h4-5,7,9,15-16H,2-3,6H2,1H3. The van der Waals surface area contributed by atoms with Crippen LogP contribution in [0.5, 0.6) is 0 Å². The van der Waals surface area contributed by atoms with Crippen molar-refractivity contribution in [2.45, 2.75) is 25.8 Å². The zero-order valence-electron chi connectivity index (χ0n) is 9.20. The fraction of sp³-hybridized carbons (Fsp3) is 0.417. The number of halogens is 1. The molecular formula is C12H15FN2O. The maximum atomic E-state index is 13.3. The van der Waals surface area contributed by atoms with Crippen LogP contribution >= 0.6 is 0 Å². The van der Waals surface area contributed by atoms with E-state index in [0.29, 0.717) is 12.1 Å². The van der Waals surface area contributed by atoms with Crippen LogP contribution in [0.2, 0.25) is 0 Å². The molecule has 0 bridgehead atoms. The summed E-state index contributed by atoms with van der Waals surface area (Å²) < 4.78 is 13.3. The summed E-state index contributed by atoms with van der Waals surface area (Å²) in [6.07, 6.45) is 1.53. The summed E-state index contributed by atoms with van der Waals surface area (Å²) in [5, 5.41) is 20.3. The molecule has 4 heteroatoms. The average Bonchev–Trinajstić information content (AvgIpc) is 2.26. The summed E-state index contributed by atoms with van der Waals surface area (Å²) in [6, 6.07) is 6.39. The van der Waals surface area contributed by atoms with Gasteiger partial charge >= 0.3 is 0 Å². The Morgan fingerprint density at radius 3 is 2.88 bits per heavy atom. The minimum absolute atomic E-state index is 0.0496. The lowest BCUT2D eigenvalue weighted by molar-refractivity contribution is 0.282. The molecule has 0 aliphatic heterocycles. The Morgan fingerprint density at radius 2 is 2.31 bits per heavy atom. The quantitative estimate of drug-likeness (QED) is 0.803. The van der Waals surface area contributed by atoms with Gasteiger partial charge in [0.1, 0.15) is 11.9 Å². The van der Waals surface area contributed by atoms with Gasteiger partial charge in [-0.2, -0.15) is 5.26 Å². The van der Waals surface area contributed by atoms with E-state index >= 15 is 0 Å². The van der Waals surface area contributed by atoms with Gasteiger partial charge in [-0.15, -0.1) is 0 Å². The molecule has 86 valence electrons. The maximum absolute atomic E-state index is 13.3. The third-order valence-electron chi connectivity index (χ3n) is 2.30. The van der Waals surface area contributed by atoms with Gasteiger partial charge in [0.2, 0.25) is 0 Å². The SMILES string of the molecule is CC(CCCO)Nc1ccc(C#N)c(F)c1. The first-order valence-corrected chi connectivity index (χ1v) is 5.24. The molecule has 3 nitrogen and oxygen atoms in total. The highest BCUT2D eigenvalue weighted by atomic mass is 19.1. The van der Waals surface area contributed by atoms with Crippen LogP contribution in [0, 0.1) is 17.1 Å². The van der Waals surface area contributed by atoms with Crippen LogP contribution in [-0.2, 0) is 0 Å². The van der Waals surface area contributed by atoms with E-state index < -0.39 is 5.82 Å². The van der Waals surface area contributed by atoms with Crippen molar-refractivity contribution in [1.82, 2.24) is 0 Å². The molecule has 0 aliphatic carbocycles. The summed E-state index contributed by atoms with van der Waals surface area (Å²) >= 11 is 0. The highest BCUT2D eigenvalue weighted by Crippen LogP contribution is 2.15. The fourth-order valence-corrected chi connectivity index (χ4v) is 1.45. The second-order valence-electron chi connectivity index (χ2n) is 3.72. The molecule has 2 N–H and O–H groups in total. The second kappa shape index (κ2) is 6.09. The van der Waals surface area contributed by atoms with Crippen molar-refractivity contribution in [3.63, 3.8) is 0 Å². The molecule has 0 heterocycles. The van der Waals surface area contributed by atoms with Crippen LogP contribution in [0.15, 0.2) is 18.2 Å². The molecule has 1 aromatic rings. The summed E-state index contributed by atoms with van der Waals surface area (Å²) in [7, 11) is 0. The number of anilines is 1. The van der Waals surface area contributed by atoms with Gasteiger partial charge in [-0.25, -0.2) is 4.39 Å². The molecule has 0 saturated carbocycles. The number of aliphatic hydroxyl groups excluding tert-OH is 1. The Labute approximate surface area is 94.5 Å². The Bertz CT molecular complexity index is 387. The molecule has 1 aromatic carbocycles. The first kappa shape index (κ1) is 12.5. The summed E-state index contributed by atoms with van der Waals surface area (Å²) in [5.41, 5.74) is 0.704. The van der Waals surface area contributed by atoms with E-state index in [1.807, 2.05) is 6.92 Å². The first-order valence-electron chi connectivity index (χ1n) is 5.24. The van der Waals surface area contributed by atoms with Crippen LogP contribution in [0.1, 0.15) is 25.3 Å². The smallest absolute Gasteiger partial charge is 0.143 e. The van der Waals surface area contributed by atoms with Crippen molar-refractivity contribution in [3.05, 3.63) is 29.6 Å². The third kappa shape index (κ3) is 3.52. The van der Waals surface area contributed by atoms with Crippen molar-refractivity contribution < 1.29 is 9.50 Å². The number of nitrogens with one attached hydrogen (secondary N) is 1. The molecule has 0 amide bonds. The molecular weight excluding hydrogens is 207 g/mol. The predicted octanol–water partition coefficient (Wildman–Crippen LogP) is 2.27. The zero-order chi connectivity index (χ0) is 12.0. The number of nitriles is 1. The number of nitrogens with zero attached hydrogens (tertiary/aromatic N) is 1. The summed E-state index contributed by atoms with van der Waals surface area (Å²) in [4.78, 5) is 0. The minimum Gasteiger partial charge on any atom is -0.396 e. The van der Waals surface area contributed by atoms with E-state index in [1.165, 1.54) is 12.1 Å². The number of benzene rings is 1. The van der Waals surface area contributed by atoms with E-state index in [4.69, 9.17) is 10.4 Å². The maximum Gasteiger partial charge on any atom is 0.143 e. The minimum atomic E-state index is -0.512. The van der Waals surface area contributed by atoms with Crippen LogP contribution in [-0.4, -0.2) is 17.8 Å². The van der Waals surface area contributed by atoms with Gasteiger partial charge < -0.3 is 10.4 Å². The van der Waals surface area contributed by atoms with Gasteiger partial charge in [0, 0.05) is 18.3 Å². The third-order valence-corrected chi connectivity index (χ3v) is 2.30. The molecule has 16 heavy (non-hydrogen) atoms. The Balaban J connectivity index is 2.61. The number of hydrogen-bond donors (Lipinski definition) is 2. The molecule has 0 aliphatic rings. The number of rotatable bonds is 5. The zero-order valence-corrected chi connectivity index (χ0v) is 9.20. The van der Waals surface area contributed by atoms with Gasteiger partial charge in [0.05, 0.1) is 5.56 Å². The lowest BCUT2D eigenvalue weighted by Gasteiger charge is -2.14.